The number of nitrogens with one attached hydrogen (secondary N) is 1. The van der Waals surface area contributed by atoms with Gasteiger partial charge < -0.3 is 10.1 Å². The highest BCUT2D eigenvalue weighted by Crippen LogP contribution is 2.05. The second-order valence-corrected chi connectivity index (χ2v) is 3.71. The second-order valence-electron chi connectivity index (χ2n) is 3.71. The molecule has 17 heavy (non-hydrogen) atoms. The summed E-state index contributed by atoms with van der Waals surface area (Å²) in [6.07, 6.45) is 3.23. The molecule has 0 fully saturated rings. The highest BCUT2D eigenvalue weighted by molar-refractivity contribution is 5.81. The third kappa shape index (κ3) is 5.31. The molecule has 0 amide bonds. The zero-order valence-corrected chi connectivity index (χ0v) is 10.4. The lowest BCUT2D eigenvalue weighted by Gasteiger charge is -2.05. The molecule has 3 heteroatoms. The maximum atomic E-state index is 11.0. The van der Waals surface area contributed by atoms with Gasteiger partial charge in [-0.1, -0.05) is 30.3 Å². The minimum atomic E-state index is -0.287. The molecule has 0 unspecified atom stereocenters. The Labute approximate surface area is 102 Å². The fourth-order valence-electron chi connectivity index (χ4n) is 1.44. The van der Waals surface area contributed by atoms with Gasteiger partial charge in [0.25, 0.3) is 0 Å². The largest absolute Gasteiger partial charge is 0.463 e. The predicted octanol–water partition coefficient (Wildman–Crippen LogP) is 2.20. The molecule has 0 aromatic heterocycles. The number of aryl methyl sites for hydroxylation is 1. The molecule has 1 aromatic rings. The lowest BCUT2D eigenvalue weighted by atomic mass is 10.1. The second kappa shape index (κ2) is 7.63. The first-order valence-electron chi connectivity index (χ1n) is 5.82. The van der Waals surface area contributed by atoms with Crippen LogP contribution in [0.15, 0.2) is 36.4 Å². The predicted molar refractivity (Wildman–Crippen MR) is 68.7 cm³/mol. The van der Waals surface area contributed by atoms with Gasteiger partial charge in [-0.2, -0.15) is 0 Å². The summed E-state index contributed by atoms with van der Waals surface area (Å²) in [5.41, 5.74) is 2.55. The standard InChI is InChI=1S/C14H19NO2/c1-3-17-14(16)9-6-10-15-11-13-8-5-4-7-12(13)2/h4-9,15H,3,10-11H2,1-2H3/b9-6+. The van der Waals surface area contributed by atoms with Gasteiger partial charge in [-0.15, -0.1) is 0 Å². The number of ether oxygens (including phenoxy) is 1. The Bertz CT molecular complexity index is 386. The van der Waals surface area contributed by atoms with Crippen LogP contribution in [0.4, 0.5) is 0 Å². The number of carbonyl (C=O) groups excluding carboxylic acids is 1. The van der Waals surface area contributed by atoms with Gasteiger partial charge in [0.1, 0.15) is 0 Å². The molecule has 1 aromatic carbocycles. The number of hydrogen-bond acceptors (Lipinski definition) is 3. The van der Waals surface area contributed by atoms with Crippen LogP contribution in [0.2, 0.25) is 0 Å². The van der Waals surface area contributed by atoms with Gasteiger partial charge in [0, 0.05) is 19.2 Å². The van der Waals surface area contributed by atoms with Gasteiger partial charge in [-0.3, -0.25) is 0 Å². The van der Waals surface area contributed by atoms with E-state index < -0.39 is 0 Å². The summed E-state index contributed by atoms with van der Waals surface area (Å²) in [6, 6.07) is 8.24. The third-order valence-corrected chi connectivity index (χ3v) is 2.38. The van der Waals surface area contributed by atoms with Gasteiger partial charge >= 0.3 is 5.97 Å². The Morgan fingerprint density at radius 2 is 2.18 bits per heavy atom. The number of hydrogen-bond donors (Lipinski definition) is 1. The van der Waals surface area contributed by atoms with Gasteiger partial charge in [0.05, 0.1) is 6.61 Å². The molecule has 0 atom stereocenters. The summed E-state index contributed by atoms with van der Waals surface area (Å²) >= 11 is 0. The number of esters is 1. The van der Waals surface area contributed by atoms with Crippen LogP contribution < -0.4 is 5.32 Å². The summed E-state index contributed by atoms with van der Waals surface area (Å²) in [5, 5.41) is 3.25. The van der Waals surface area contributed by atoms with Crippen molar-refractivity contribution < 1.29 is 9.53 Å². The van der Waals surface area contributed by atoms with Gasteiger partial charge in [0.2, 0.25) is 0 Å². The molecule has 0 heterocycles. The molecular weight excluding hydrogens is 214 g/mol. The van der Waals surface area contributed by atoms with Crippen LogP contribution in [0, 0.1) is 6.92 Å². The smallest absolute Gasteiger partial charge is 0.330 e. The molecule has 3 nitrogen and oxygen atoms in total. The van der Waals surface area contributed by atoms with Crippen molar-refractivity contribution in [2.45, 2.75) is 20.4 Å². The molecule has 0 bridgehead atoms. The Kier molecular flexibility index (Phi) is 6.04. The van der Waals surface area contributed by atoms with Crippen molar-refractivity contribution in [1.82, 2.24) is 5.32 Å². The Balaban J connectivity index is 2.25. The first kappa shape index (κ1) is 13.5. The highest BCUT2D eigenvalue weighted by Gasteiger charge is 1.95. The zero-order chi connectivity index (χ0) is 12.5. The molecule has 0 saturated carbocycles. The molecule has 1 rings (SSSR count). The summed E-state index contributed by atoms with van der Waals surface area (Å²) in [5.74, 6) is -0.287. The van der Waals surface area contributed by atoms with E-state index in [1.807, 2.05) is 12.1 Å². The molecule has 1 N–H and O–H groups in total. The molecule has 0 spiro atoms. The van der Waals surface area contributed by atoms with Crippen molar-refractivity contribution in [3.63, 3.8) is 0 Å². The maximum Gasteiger partial charge on any atom is 0.330 e. The lowest BCUT2D eigenvalue weighted by molar-refractivity contribution is -0.137. The zero-order valence-electron chi connectivity index (χ0n) is 10.4. The molecule has 0 saturated heterocycles. The van der Waals surface area contributed by atoms with E-state index in [0.717, 1.165) is 6.54 Å². The Hall–Kier alpha value is -1.61. The summed E-state index contributed by atoms with van der Waals surface area (Å²) in [6.45, 7) is 5.76. The van der Waals surface area contributed by atoms with E-state index in [0.29, 0.717) is 13.2 Å². The van der Waals surface area contributed by atoms with Crippen LogP contribution in [0.1, 0.15) is 18.1 Å². The van der Waals surface area contributed by atoms with Crippen LogP contribution >= 0.6 is 0 Å². The van der Waals surface area contributed by atoms with E-state index in [2.05, 4.69) is 24.4 Å². The van der Waals surface area contributed by atoms with Crippen molar-refractivity contribution >= 4 is 5.97 Å². The van der Waals surface area contributed by atoms with Crippen LogP contribution in [0.25, 0.3) is 0 Å². The van der Waals surface area contributed by atoms with Crippen LogP contribution in [0.3, 0.4) is 0 Å². The van der Waals surface area contributed by atoms with E-state index >= 15 is 0 Å². The fourth-order valence-corrected chi connectivity index (χ4v) is 1.44. The minimum Gasteiger partial charge on any atom is -0.463 e. The number of benzene rings is 1. The van der Waals surface area contributed by atoms with E-state index in [4.69, 9.17) is 4.74 Å². The SMILES string of the molecule is CCOC(=O)/C=C/CNCc1ccccc1C. The normalized spacial score (nSPS) is 10.7. The van der Waals surface area contributed by atoms with Crippen LogP contribution in [-0.2, 0) is 16.1 Å². The van der Waals surface area contributed by atoms with Gasteiger partial charge in [0.15, 0.2) is 0 Å². The molecular formula is C14H19NO2. The van der Waals surface area contributed by atoms with Gasteiger partial charge in [-0.25, -0.2) is 4.79 Å². The van der Waals surface area contributed by atoms with Crippen molar-refractivity contribution in [3.05, 3.63) is 47.5 Å². The highest BCUT2D eigenvalue weighted by atomic mass is 16.5. The van der Waals surface area contributed by atoms with Crippen LogP contribution in [-0.4, -0.2) is 19.1 Å². The van der Waals surface area contributed by atoms with E-state index in [1.165, 1.54) is 17.2 Å². The first-order valence-corrected chi connectivity index (χ1v) is 5.82. The number of rotatable bonds is 6. The topological polar surface area (TPSA) is 38.3 Å². The number of carbonyl (C=O) groups is 1. The molecule has 0 aliphatic carbocycles. The monoisotopic (exact) mass is 233 g/mol. The fraction of sp³-hybridized carbons (Fsp3) is 0.357. The van der Waals surface area contributed by atoms with Crippen molar-refractivity contribution in [2.75, 3.05) is 13.2 Å². The third-order valence-electron chi connectivity index (χ3n) is 2.38. The quantitative estimate of drug-likeness (QED) is 0.465. The Morgan fingerprint density at radius 3 is 2.88 bits per heavy atom. The summed E-state index contributed by atoms with van der Waals surface area (Å²) in [4.78, 5) is 11.0. The summed E-state index contributed by atoms with van der Waals surface area (Å²) < 4.78 is 4.77. The van der Waals surface area contributed by atoms with Crippen LogP contribution in [0.5, 0.6) is 0 Å². The average molecular weight is 233 g/mol. The van der Waals surface area contributed by atoms with Crippen molar-refractivity contribution in [2.24, 2.45) is 0 Å². The summed E-state index contributed by atoms with van der Waals surface area (Å²) in [7, 11) is 0. The molecule has 0 aliphatic rings. The van der Waals surface area contributed by atoms with E-state index in [1.54, 1.807) is 13.0 Å². The maximum absolute atomic E-state index is 11.0. The molecule has 0 radical (unpaired) electrons. The Morgan fingerprint density at radius 1 is 1.41 bits per heavy atom. The average Bonchev–Trinajstić information content (AvgIpc) is 2.31. The molecule has 92 valence electrons. The van der Waals surface area contributed by atoms with Gasteiger partial charge in [-0.05, 0) is 25.0 Å². The van der Waals surface area contributed by atoms with E-state index in [-0.39, 0.29) is 5.97 Å². The lowest BCUT2D eigenvalue weighted by Crippen LogP contribution is -2.14. The van der Waals surface area contributed by atoms with Crippen molar-refractivity contribution in [1.29, 1.82) is 0 Å². The molecule has 0 aliphatic heterocycles. The van der Waals surface area contributed by atoms with Crippen molar-refractivity contribution in [3.8, 4) is 0 Å². The minimum absolute atomic E-state index is 0.287. The van der Waals surface area contributed by atoms with E-state index in [9.17, 15) is 4.79 Å². The first-order chi connectivity index (χ1) is 8.24.